The van der Waals surface area contributed by atoms with Gasteiger partial charge in [-0.1, -0.05) is 48.5 Å². The number of carbonyl (C=O) groups is 4. The van der Waals surface area contributed by atoms with Gasteiger partial charge < -0.3 is 39.9 Å². The third-order valence-electron chi connectivity index (χ3n) is 11.0. The summed E-state index contributed by atoms with van der Waals surface area (Å²) < 4.78 is 9.35. The van der Waals surface area contributed by atoms with Gasteiger partial charge in [0.05, 0.1) is 50.1 Å². The lowest BCUT2D eigenvalue weighted by atomic mass is 10.0. The number of likely N-dealkylation sites (tertiary alicyclic amines) is 2. The second kappa shape index (κ2) is 13.1. The first-order valence-corrected chi connectivity index (χ1v) is 17.8. The number of nitrogens with zero attached hydrogens (tertiary/aromatic N) is 4. The number of benzene rings is 2. The molecule has 4 fully saturated rings. The normalized spacial score (nSPS) is 25.1. The van der Waals surface area contributed by atoms with Gasteiger partial charge in [0.2, 0.25) is 11.8 Å². The van der Waals surface area contributed by atoms with Crippen molar-refractivity contribution in [2.24, 2.45) is 11.8 Å². The molecule has 4 amide bonds. The van der Waals surface area contributed by atoms with E-state index < -0.39 is 24.3 Å². The van der Waals surface area contributed by atoms with Gasteiger partial charge in [-0.3, -0.25) is 9.59 Å². The number of amides is 4. The lowest BCUT2D eigenvalue weighted by molar-refractivity contribution is -0.135. The molecule has 2 saturated heterocycles. The summed E-state index contributed by atoms with van der Waals surface area (Å²) in [7, 11) is 2.56. The van der Waals surface area contributed by atoms with Crippen molar-refractivity contribution in [2.45, 2.75) is 75.8 Å². The standard InChI is InChI=1S/C38H42N8O6/c1-19(41-37(49)51-3)35(47)45-29-13-25(29)15-31(45)33-39-17-27(43-33)23-9-5-21(6-10-23)22-7-11-24(12-8-22)28-18-40-34(44-28)32-16-26-14-30(26)46(32)36(48)20(2)42-38(50)52-4/h5-12,17-20,25-26,29-32H,13-16H2,1-4H3,(H,39,43)(H,40,44)(H,41,49)(H,42,50)/t19-,20-,25+,26+,29+,30+,31-,32-/m0/s1. The van der Waals surface area contributed by atoms with Crippen molar-refractivity contribution >= 4 is 24.0 Å². The topological polar surface area (TPSA) is 175 Å². The molecule has 52 heavy (non-hydrogen) atoms. The summed E-state index contributed by atoms with van der Waals surface area (Å²) >= 11 is 0. The Morgan fingerprint density at radius 2 is 1.00 bits per heavy atom. The van der Waals surface area contributed by atoms with Crippen LogP contribution in [0.15, 0.2) is 60.9 Å². The van der Waals surface area contributed by atoms with Crippen LogP contribution in [0.2, 0.25) is 0 Å². The maximum atomic E-state index is 13.3. The SMILES string of the molecule is COC(=O)N[C@@H](C)C(=O)N1[C@@H]2C[C@@H]2C[C@H]1c1ncc(-c2ccc(-c3ccc(-c4cnc([C@@H]5C[C@H]6C[C@H]6N5C(=O)[C@H](C)NC(=O)OC)[nH]4)cc3)cc2)[nH]1. The summed E-state index contributed by atoms with van der Waals surface area (Å²) in [4.78, 5) is 70.1. The molecule has 0 bridgehead atoms. The summed E-state index contributed by atoms with van der Waals surface area (Å²) in [5.74, 6) is 2.14. The summed E-state index contributed by atoms with van der Waals surface area (Å²) in [5.41, 5.74) is 5.84. The molecule has 2 aliphatic heterocycles. The number of aromatic amines is 2. The number of methoxy groups -OCH3 is 2. The Morgan fingerprint density at radius 1 is 0.635 bits per heavy atom. The van der Waals surface area contributed by atoms with Crippen LogP contribution >= 0.6 is 0 Å². The molecule has 14 heteroatoms. The highest BCUT2D eigenvalue weighted by molar-refractivity contribution is 5.87. The van der Waals surface area contributed by atoms with Gasteiger partial charge >= 0.3 is 12.2 Å². The maximum Gasteiger partial charge on any atom is 0.407 e. The number of ether oxygens (including phenoxy) is 2. The van der Waals surface area contributed by atoms with E-state index in [0.29, 0.717) is 11.8 Å². The largest absolute Gasteiger partial charge is 0.453 e. The van der Waals surface area contributed by atoms with Crippen LogP contribution < -0.4 is 10.6 Å². The molecule has 0 spiro atoms. The predicted octanol–water partition coefficient (Wildman–Crippen LogP) is 4.95. The summed E-state index contributed by atoms with van der Waals surface area (Å²) in [6, 6.07) is 15.2. The number of nitrogens with one attached hydrogen (secondary N) is 4. The van der Waals surface area contributed by atoms with Crippen molar-refractivity contribution < 1.29 is 28.7 Å². The fourth-order valence-corrected chi connectivity index (χ4v) is 8.07. The predicted molar refractivity (Wildman–Crippen MR) is 189 cm³/mol. The zero-order valence-corrected chi connectivity index (χ0v) is 29.5. The maximum absolute atomic E-state index is 13.3. The van der Waals surface area contributed by atoms with E-state index in [1.807, 2.05) is 22.2 Å². The third kappa shape index (κ3) is 6.15. The molecule has 4 aliphatic rings. The van der Waals surface area contributed by atoms with E-state index in [-0.39, 0.29) is 36.0 Å². The average Bonchev–Trinajstić information content (AvgIpc) is 3.76. The Hall–Kier alpha value is -5.66. The molecule has 4 aromatic rings. The number of carbonyl (C=O) groups excluding carboxylic acids is 4. The van der Waals surface area contributed by atoms with Gasteiger partial charge in [0.25, 0.3) is 0 Å². The number of piperidine rings is 2. The Bertz CT molecular complexity index is 1860. The fourth-order valence-electron chi connectivity index (χ4n) is 8.07. The van der Waals surface area contributed by atoms with Crippen LogP contribution in [0.4, 0.5) is 9.59 Å². The highest BCUT2D eigenvalue weighted by Gasteiger charge is 2.56. The molecule has 2 aliphatic carbocycles. The second-order valence-electron chi connectivity index (χ2n) is 14.4. The van der Waals surface area contributed by atoms with E-state index in [0.717, 1.165) is 71.0 Å². The number of imidazole rings is 2. The van der Waals surface area contributed by atoms with Gasteiger partial charge in [-0.25, -0.2) is 19.6 Å². The van der Waals surface area contributed by atoms with Crippen molar-refractivity contribution in [1.29, 1.82) is 0 Å². The molecule has 270 valence electrons. The van der Waals surface area contributed by atoms with E-state index in [2.05, 4.69) is 88.6 Å². The van der Waals surface area contributed by atoms with Gasteiger partial charge in [-0.15, -0.1) is 0 Å². The smallest absolute Gasteiger partial charge is 0.407 e. The molecule has 2 saturated carbocycles. The molecule has 0 radical (unpaired) electrons. The molecule has 4 heterocycles. The number of fused-ring (bicyclic) bond motifs is 2. The van der Waals surface area contributed by atoms with E-state index >= 15 is 0 Å². The second-order valence-corrected chi connectivity index (χ2v) is 14.4. The van der Waals surface area contributed by atoms with Gasteiger partial charge in [-0.05, 0) is 73.6 Å². The summed E-state index contributed by atoms with van der Waals surface area (Å²) in [5, 5.41) is 5.19. The summed E-state index contributed by atoms with van der Waals surface area (Å²) in [6.45, 7) is 3.35. The zero-order chi connectivity index (χ0) is 36.3. The quantitative estimate of drug-likeness (QED) is 0.189. The Labute approximate surface area is 300 Å². The highest BCUT2D eigenvalue weighted by atomic mass is 16.5. The monoisotopic (exact) mass is 706 g/mol. The van der Waals surface area contributed by atoms with Gasteiger partial charge in [0.15, 0.2) is 0 Å². The minimum Gasteiger partial charge on any atom is -0.453 e. The van der Waals surface area contributed by atoms with E-state index in [4.69, 9.17) is 0 Å². The van der Waals surface area contributed by atoms with Crippen LogP contribution in [0.5, 0.6) is 0 Å². The lowest BCUT2D eigenvalue weighted by Gasteiger charge is -2.29. The first kappa shape index (κ1) is 33.5. The number of hydrogen-bond acceptors (Lipinski definition) is 8. The first-order valence-electron chi connectivity index (χ1n) is 17.8. The number of alkyl carbamates (subject to hydrolysis) is 2. The van der Waals surface area contributed by atoms with E-state index in [1.54, 1.807) is 13.8 Å². The Kier molecular flexibility index (Phi) is 8.47. The van der Waals surface area contributed by atoms with Gasteiger partial charge in [0.1, 0.15) is 23.7 Å². The van der Waals surface area contributed by atoms with Crippen LogP contribution in [0.25, 0.3) is 33.6 Å². The van der Waals surface area contributed by atoms with E-state index in [9.17, 15) is 19.2 Å². The van der Waals surface area contributed by atoms with Crippen molar-refractivity contribution in [3.63, 3.8) is 0 Å². The lowest BCUT2D eigenvalue weighted by Crippen LogP contribution is -2.47. The van der Waals surface area contributed by atoms with Crippen molar-refractivity contribution in [3.8, 4) is 33.6 Å². The highest BCUT2D eigenvalue weighted by Crippen LogP contribution is 2.54. The zero-order valence-electron chi connectivity index (χ0n) is 29.5. The minimum atomic E-state index is -0.694. The molecular weight excluding hydrogens is 664 g/mol. The molecular formula is C38H42N8O6. The molecule has 2 aromatic heterocycles. The molecule has 0 unspecified atom stereocenters. The molecule has 4 N–H and O–H groups in total. The van der Waals surface area contributed by atoms with Crippen LogP contribution in [-0.2, 0) is 19.1 Å². The van der Waals surface area contributed by atoms with Gasteiger partial charge in [0, 0.05) is 12.1 Å². The fraction of sp³-hybridized carbons (Fsp3) is 0.421. The third-order valence-corrected chi connectivity index (χ3v) is 11.0. The summed E-state index contributed by atoms with van der Waals surface area (Å²) in [6.07, 6.45) is 6.01. The van der Waals surface area contributed by atoms with E-state index in [1.165, 1.54) is 14.2 Å². The number of H-pyrrole nitrogens is 2. The van der Waals surface area contributed by atoms with Crippen molar-refractivity contribution in [2.75, 3.05) is 14.2 Å². The van der Waals surface area contributed by atoms with Gasteiger partial charge in [-0.2, -0.15) is 0 Å². The Balaban J connectivity index is 0.921. The molecule has 8 rings (SSSR count). The van der Waals surface area contributed by atoms with Crippen molar-refractivity contribution in [1.82, 2.24) is 40.4 Å². The number of aromatic nitrogens is 4. The first-order chi connectivity index (χ1) is 25.1. The number of rotatable bonds is 9. The molecule has 14 nitrogen and oxygen atoms in total. The molecule has 8 atom stereocenters. The van der Waals surface area contributed by atoms with Crippen LogP contribution in [0, 0.1) is 11.8 Å². The van der Waals surface area contributed by atoms with Crippen LogP contribution in [0.3, 0.4) is 0 Å². The Morgan fingerprint density at radius 3 is 1.37 bits per heavy atom. The van der Waals surface area contributed by atoms with Crippen LogP contribution in [0.1, 0.15) is 63.3 Å². The number of hydrogen-bond donors (Lipinski definition) is 4. The van der Waals surface area contributed by atoms with Crippen LogP contribution in [-0.4, -0.2) is 92.1 Å². The average molecular weight is 707 g/mol. The molecule has 2 aromatic carbocycles. The van der Waals surface area contributed by atoms with Crippen molar-refractivity contribution in [3.05, 3.63) is 72.6 Å². The minimum absolute atomic E-state index is 0.133.